The number of hydrogen-bond acceptors (Lipinski definition) is 3. The number of aromatic nitrogens is 2. The third-order valence-electron chi connectivity index (χ3n) is 4.37. The van der Waals surface area contributed by atoms with E-state index in [0.29, 0.717) is 18.2 Å². The lowest BCUT2D eigenvalue weighted by atomic mass is 10.1. The molecule has 5 nitrogen and oxygen atoms in total. The molecule has 0 saturated heterocycles. The minimum Gasteiger partial charge on any atom is -0.367 e. The van der Waals surface area contributed by atoms with Crippen LogP contribution in [0, 0.1) is 13.8 Å². The minimum absolute atomic E-state index is 0.0160. The molecule has 146 valence electrons. The summed E-state index contributed by atoms with van der Waals surface area (Å²) < 4.78 is 7.36. The maximum Gasteiger partial charge on any atom is 0.246 e. The average Bonchev–Trinajstić information content (AvgIpc) is 3.02. The van der Waals surface area contributed by atoms with Crippen molar-refractivity contribution in [2.75, 3.05) is 13.2 Å². The van der Waals surface area contributed by atoms with E-state index >= 15 is 0 Å². The molecule has 2 aromatic carbocycles. The normalized spacial score (nSPS) is 10.8. The molecule has 3 rings (SSSR count). The summed E-state index contributed by atoms with van der Waals surface area (Å²) in [6, 6.07) is 17.7. The first-order chi connectivity index (χ1) is 13.5. The Morgan fingerprint density at radius 2 is 1.89 bits per heavy atom. The van der Waals surface area contributed by atoms with Gasteiger partial charge in [-0.15, -0.1) is 0 Å². The van der Waals surface area contributed by atoms with Crippen molar-refractivity contribution in [3.05, 3.63) is 82.1 Å². The van der Waals surface area contributed by atoms with E-state index in [9.17, 15) is 4.79 Å². The summed E-state index contributed by atoms with van der Waals surface area (Å²) in [6.45, 7) is 4.92. The average molecular weight is 398 g/mol. The minimum atomic E-state index is -0.133. The quantitative estimate of drug-likeness (QED) is 0.624. The Kier molecular flexibility index (Phi) is 6.85. The fraction of sp³-hybridized carbons (Fsp3) is 0.273. The Hall–Kier alpha value is -2.63. The van der Waals surface area contributed by atoms with Gasteiger partial charge in [-0.2, -0.15) is 5.10 Å². The van der Waals surface area contributed by atoms with Gasteiger partial charge in [0.25, 0.3) is 0 Å². The van der Waals surface area contributed by atoms with Crippen LogP contribution in [0.3, 0.4) is 0 Å². The molecule has 3 aromatic rings. The molecule has 0 bridgehead atoms. The van der Waals surface area contributed by atoms with Crippen molar-refractivity contribution < 1.29 is 9.53 Å². The molecule has 0 radical (unpaired) electrons. The van der Waals surface area contributed by atoms with E-state index in [1.807, 2.05) is 48.9 Å². The van der Waals surface area contributed by atoms with Crippen molar-refractivity contribution in [3.63, 3.8) is 0 Å². The lowest BCUT2D eigenvalue weighted by Gasteiger charge is -2.08. The monoisotopic (exact) mass is 397 g/mol. The van der Waals surface area contributed by atoms with Gasteiger partial charge in [-0.3, -0.25) is 4.79 Å². The molecule has 0 atom stereocenters. The molecule has 1 heterocycles. The second-order valence-electron chi connectivity index (χ2n) is 6.69. The first-order valence-corrected chi connectivity index (χ1v) is 9.61. The van der Waals surface area contributed by atoms with Gasteiger partial charge in [0.15, 0.2) is 0 Å². The zero-order valence-electron chi connectivity index (χ0n) is 16.1. The topological polar surface area (TPSA) is 56.2 Å². The van der Waals surface area contributed by atoms with Crippen LogP contribution in [0.15, 0.2) is 54.6 Å². The van der Waals surface area contributed by atoms with Crippen LogP contribution < -0.4 is 5.32 Å². The summed E-state index contributed by atoms with van der Waals surface area (Å²) in [4.78, 5) is 11.9. The van der Waals surface area contributed by atoms with Crippen LogP contribution in [-0.2, 0) is 22.6 Å². The molecule has 1 amide bonds. The van der Waals surface area contributed by atoms with Crippen molar-refractivity contribution in [3.8, 4) is 5.69 Å². The van der Waals surface area contributed by atoms with Gasteiger partial charge in [-0.25, -0.2) is 4.68 Å². The van der Waals surface area contributed by atoms with Gasteiger partial charge in [0.05, 0.1) is 18.0 Å². The van der Waals surface area contributed by atoms with Gasteiger partial charge in [-0.1, -0.05) is 41.9 Å². The molecule has 0 aliphatic rings. The zero-order chi connectivity index (χ0) is 19.9. The number of benzene rings is 2. The van der Waals surface area contributed by atoms with E-state index in [4.69, 9.17) is 16.3 Å². The number of nitrogens with zero attached hydrogens (tertiary/aromatic N) is 2. The molecular weight excluding hydrogens is 374 g/mol. The first-order valence-electron chi connectivity index (χ1n) is 9.23. The second-order valence-corrected chi connectivity index (χ2v) is 7.10. The highest BCUT2D eigenvalue weighted by molar-refractivity contribution is 6.31. The Morgan fingerprint density at radius 3 is 2.57 bits per heavy atom. The van der Waals surface area contributed by atoms with E-state index in [0.717, 1.165) is 34.6 Å². The van der Waals surface area contributed by atoms with E-state index in [1.165, 1.54) is 0 Å². The first kappa shape index (κ1) is 20.1. The van der Waals surface area contributed by atoms with Crippen molar-refractivity contribution in [1.29, 1.82) is 0 Å². The maximum absolute atomic E-state index is 11.9. The number of carbonyl (C=O) groups is 1. The number of aryl methyl sites for hydroxylation is 2. The third-order valence-corrected chi connectivity index (χ3v) is 4.74. The number of nitrogens with one attached hydrogen (secondary N) is 1. The van der Waals surface area contributed by atoms with Crippen molar-refractivity contribution in [2.24, 2.45) is 0 Å². The predicted octanol–water partition coefficient (Wildman–Crippen LogP) is 4.02. The van der Waals surface area contributed by atoms with Crippen molar-refractivity contribution in [2.45, 2.75) is 26.9 Å². The highest BCUT2D eigenvalue weighted by Crippen LogP contribution is 2.15. The third kappa shape index (κ3) is 5.44. The van der Waals surface area contributed by atoms with Crippen LogP contribution in [0.1, 0.15) is 22.5 Å². The molecule has 0 fully saturated rings. The zero-order valence-corrected chi connectivity index (χ0v) is 16.9. The molecule has 0 aliphatic heterocycles. The number of amides is 1. The van der Waals surface area contributed by atoms with Crippen LogP contribution in [-0.4, -0.2) is 28.8 Å². The summed E-state index contributed by atoms with van der Waals surface area (Å²) in [5.74, 6) is -0.133. The molecule has 0 aliphatic carbocycles. The van der Waals surface area contributed by atoms with Crippen LogP contribution in [0.25, 0.3) is 5.69 Å². The van der Waals surface area contributed by atoms with E-state index in [-0.39, 0.29) is 12.5 Å². The number of halogens is 1. The van der Waals surface area contributed by atoms with Gasteiger partial charge >= 0.3 is 0 Å². The van der Waals surface area contributed by atoms with Crippen molar-refractivity contribution >= 4 is 17.5 Å². The molecule has 6 heteroatoms. The summed E-state index contributed by atoms with van der Waals surface area (Å²) >= 11 is 6.07. The van der Waals surface area contributed by atoms with E-state index in [2.05, 4.69) is 28.6 Å². The number of rotatable bonds is 8. The van der Waals surface area contributed by atoms with Gasteiger partial charge in [-0.05, 0) is 55.7 Å². The largest absolute Gasteiger partial charge is 0.367 e. The van der Waals surface area contributed by atoms with Crippen LogP contribution in [0.5, 0.6) is 0 Å². The van der Waals surface area contributed by atoms with E-state index < -0.39 is 0 Å². The van der Waals surface area contributed by atoms with Gasteiger partial charge in [0.2, 0.25) is 5.91 Å². The predicted molar refractivity (Wildman–Crippen MR) is 111 cm³/mol. The van der Waals surface area contributed by atoms with E-state index in [1.54, 1.807) is 6.07 Å². The number of ether oxygens (including phenoxy) is 1. The molecule has 1 aromatic heterocycles. The molecule has 1 N–H and O–H groups in total. The molecule has 0 saturated carbocycles. The Labute approximate surface area is 170 Å². The van der Waals surface area contributed by atoms with Gasteiger partial charge in [0.1, 0.15) is 6.61 Å². The summed E-state index contributed by atoms with van der Waals surface area (Å²) in [7, 11) is 0. The summed E-state index contributed by atoms with van der Waals surface area (Å²) in [5.41, 5.74) is 5.17. The molecular formula is C22H24ClN3O2. The Morgan fingerprint density at radius 1 is 1.14 bits per heavy atom. The fourth-order valence-electron chi connectivity index (χ4n) is 2.96. The highest BCUT2D eigenvalue weighted by atomic mass is 35.5. The second kappa shape index (κ2) is 9.53. The smallest absolute Gasteiger partial charge is 0.246 e. The van der Waals surface area contributed by atoms with Crippen molar-refractivity contribution in [1.82, 2.24) is 15.1 Å². The Bertz CT molecular complexity index is 935. The molecule has 0 unspecified atom stereocenters. The molecule has 28 heavy (non-hydrogen) atoms. The summed E-state index contributed by atoms with van der Waals surface area (Å²) in [6.07, 6.45) is 0.758. The Balaban J connectivity index is 1.40. The SMILES string of the molecule is Cc1cc(C)n(-c2ccc(CCNC(=O)COCc3ccccc3Cl)cc2)n1. The molecule has 0 spiro atoms. The lowest BCUT2D eigenvalue weighted by Crippen LogP contribution is -2.29. The van der Waals surface area contributed by atoms with Gasteiger partial charge in [0, 0.05) is 17.3 Å². The maximum atomic E-state index is 11.9. The highest BCUT2D eigenvalue weighted by Gasteiger charge is 2.05. The van der Waals surface area contributed by atoms with Crippen LogP contribution >= 0.6 is 11.6 Å². The lowest BCUT2D eigenvalue weighted by molar-refractivity contribution is -0.126. The fourth-order valence-corrected chi connectivity index (χ4v) is 3.15. The standard InChI is InChI=1S/C22H24ClN3O2/c1-16-13-17(2)26(25-16)20-9-7-18(8-10-20)11-12-24-22(27)15-28-14-19-5-3-4-6-21(19)23/h3-10,13H,11-12,14-15H2,1-2H3,(H,24,27). The number of hydrogen-bond donors (Lipinski definition) is 1. The van der Waals surface area contributed by atoms with Crippen LogP contribution in [0.4, 0.5) is 0 Å². The van der Waals surface area contributed by atoms with Crippen LogP contribution in [0.2, 0.25) is 5.02 Å². The number of carbonyl (C=O) groups excluding carboxylic acids is 1. The summed E-state index contributed by atoms with van der Waals surface area (Å²) in [5, 5.41) is 8.01. The van der Waals surface area contributed by atoms with Gasteiger partial charge < -0.3 is 10.1 Å².